The highest BCUT2D eigenvalue weighted by atomic mass is 14.8. The normalized spacial score (nSPS) is 10.8. The molecule has 4 heteroatoms. The molecule has 148 valence electrons. The number of aromatic nitrogens is 2. The molecule has 0 amide bonds. The molecule has 0 N–H and O–H groups in total. The van der Waals surface area contributed by atoms with Crippen LogP contribution in [0.15, 0.2) is 85.2 Å². The Hall–Kier alpha value is -4.28. The first-order chi connectivity index (χ1) is 15.1. The smallest absolute Gasteiger partial charge is 0.0998 e. The van der Waals surface area contributed by atoms with Gasteiger partial charge in [-0.1, -0.05) is 48.5 Å². The lowest BCUT2D eigenvalue weighted by molar-refractivity contribution is 0.599. The molecule has 0 aliphatic heterocycles. The van der Waals surface area contributed by atoms with Crippen LogP contribution in [0.3, 0.4) is 0 Å². The van der Waals surface area contributed by atoms with Gasteiger partial charge in [-0.05, 0) is 38.1 Å². The summed E-state index contributed by atoms with van der Waals surface area (Å²) in [6.45, 7) is 4.16. The van der Waals surface area contributed by atoms with Gasteiger partial charge in [0.25, 0.3) is 0 Å². The molecule has 0 saturated carbocycles. The van der Waals surface area contributed by atoms with Gasteiger partial charge in [-0.3, -0.25) is 9.97 Å². The first-order valence-electron chi connectivity index (χ1n) is 9.98. The minimum Gasteiger partial charge on any atom is -0.260 e. The maximum absolute atomic E-state index is 9.63. The van der Waals surface area contributed by atoms with E-state index in [0.717, 1.165) is 33.6 Å². The van der Waals surface area contributed by atoms with Crippen LogP contribution in [-0.2, 0) is 5.41 Å². The second kappa shape index (κ2) is 8.22. The summed E-state index contributed by atoms with van der Waals surface area (Å²) >= 11 is 0. The van der Waals surface area contributed by atoms with Gasteiger partial charge < -0.3 is 0 Å². The van der Waals surface area contributed by atoms with Crippen LogP contribution in [-0.4, -0.2) is 9.97 Å². The van der Waals surface area contributed by atoms with Gasteiger partial charge in [-0.2, -0.15) is 10.5 Å². The topological polar surface area (TPSA) is 73.4 Å². The average molecular weight is 400 g/mol. The summed E-state index contributed by atoms with van der Waals surface area (Å²) in [5.74, 6) is 0. The zero-order valence-corrected chi connectivity index (χ0v) is 17.4. The summed E-state index contributed by atoms with van der Waals surface area (Å²) in [6, 6.07) is 27.4. The molecule has 0 unspecified atom stereocenters. The Kier molecular flexibility index (Phi) is 5.31. The standard InChI is InChI=1S/C27H20N4/c1-27(2,25-23(13-7-15-30-25)21-11-5-3-9-19(21)17-28)26-24(14-8-16-31-26)22-12-6-4-10-20(22)18-29/h3-16H,1-2H3. The molecule has 4 aromatic rings. The molecule has 0 atom stereocenters. The van der Waals surface area contributed by atoms with Crippen molar-refractivity contribution in [3.05, 3.63) is 108 Å². The third-order valence-corrected chi connectivity index (χ3v) is 5.47. The van der Waals surface area contributed by atoms with E-state index in [-0.39, 0.29) is 0 Å². The van der Waals surface area contributed by atoms with E-state index in [0.29, 0.717) is 11.1 Å². The van der Waals surface area contributed by atoms with Crippen molar-refractivity contribution in [2.45, 2.75) is 19.3 Å². The van der Waals surface area contributed by atoms with Crippen LogP contribution in [0.4, 0.5) is 0 Å². The fourth-order valence-electron chi connectivity index (χ4n) is 3.98. The van der Waals surface area contributed by atoms with Crippen LogP contribution in [0.5, 0.6) is 0 Å². The van der Waals surface area contributed by atoms with Gasteiger partial charge in [0.15, 0.2) is 0 Å². The first-order valence-corrected chi connectivity index (χ1v) is 9.98. The van der Waals surface area contributed by atoms with E-state index in [1.807, 2.05) is 72.8 Å². The highest BCUT2D eigenvalue weighted by Gasteiger charge is 2.32. The Balaban J connectivity index is 1.96. The second-order valence-electron chi connectivity index (χ2n) is 7.74. The molecule has 31 heavy (non-hydrogen) atoms. The number of pyridine rings is 2. The van der Waals surface area contributed by atoms with Gasteiger partial charge in [-0.15, -0.1) is 0 Å². The van der Waals surface area contributed by atoms with Gasteiger partial charge in [-0.25, -0.2) is 0 Å². The predicted molar refractivity (Wildman–Crippen MR) is 121 cm³/mol. The third-order valence-electron chi connectivity index (χ3n) is 5.47. The van der Waals surface area contributed by atoms with Crippen LogP contribution < -0.4 is 0 Å². The van der Waals surface area contributed by atoms with E-state index in [2.05, 4.69) is 26.0 Å². The lowest BCUT2D eigenvalue weighted by Gasteiger charge is -2.28. The molecule has 0 bridgehead atoms. The summed E-state index contributed by atoms with van der Waals surface area (Å²) in [6.07, 6.45) is 3.53. The number of nitrogens with zero attached hydrogens (tertiary/aromatic N) is 4. The van der Waals surface area contributed by atoms with Crippen LogP contribution in [0.1, 0.15) is 36.4 Å². The Morgan fingerprint density at radius 1 is 0.581 bits per heavy atom. The zero-order chi connectivity index (χ0) is 21.8. The molecular weight excluding hydrogens is 380 g/mol. The third kappa shape index (κ3) is 3.56. The van der Waals surface area contributed by atoms with Crippen molar-refractivity contribution in [3.8, 4) is 34.4 Å². The summed E-state index contributed by atoms with van der Waals surface area (Å²) < 4.78 is 0. The fourth-order valence-corrected chi connectivity index (χ4v) is 3.98. The summed E-state index contributed by atoms with van der Waals surface area (Å²) in [5.41, 5.74) is 5.75. The Morgan fingerprint density at radius 2 is 0.968 bits per heavy atom. The minimum absolute atomic E-state index is 0.585. The van der Waals surface area contributed by atoms with Crippen molar-refractivity contribution in [2.75, 3.05) is 0 Å². The lowest BCUT2D eigenvalue weighted by Crippen LogP contribution is -2.24. The van der Waals surface area contributed by atoms with Crippen molar-refractivity contribution in [3.63, 3.8) is 0 Å². The van der Waals surface area contributed by atoms with Gasteiger partial charge in [0, 0.05) is 34.6 Å². The lowest BCUT2D eigenvalue weighted by atomic mass is 9.77. The van der Waals surface area contributed by atoms with Crippen LogP contribution in [0.2, 0.25) is 0 Å². The van der Waals surface area contributed by atoms with Crippen molar-refractivity contribution in [1.82, 2.24) is 9.97 Å². The first kappa shape index (κ1) is 20.0. The number of benzene rings is 2. The molecule has 2 aromatic carbocycles. The zero-order valence-electron chi connectivity index (χ0n) is 17.4. The largest absolute Gasteiger partial charge is 0.260 e. The number of hydrogen-bond acceptors (Lipinski definition) is 4. The molecule has 4 rings (SSSR count). The van der Waals surface area contributed by atoms with E-state index in [4.69, 9.17) is 9.97 Å². The Bertz CT molecular complexity index is 1240. The van der Waals surface area contributed by atoms with E-state index in [1.54, 1.807) is 12.4 Å². The quantitative estimate of drug-likeness (QED) is 0.429. The maximum Gasteiger partial charge on any atom is 0.0998 e. The Labute approximate surface area is 182 Å². The minimum atomic E-state index is -0.585. The summed E-state index contributed by atoms with van der Waals surface area (Å²) in [7, 11) is 0. The Morgan fingerprint density at radius 3 is 1.39 bits per heavy atom. The highest BCUT2D eigenvalue weighted by Crippen LogP contribution is 2.40. The van der Waals surface area contributed by atoms with Crippen molar-refractivity contribution < 1.29 is 0 Å². The SMILES string of the molecule is CC(C)(c1ncccc1-c1ccccc1C#N)c1ncccc1-c1ccccc1C#N. The molecule has 0 aliphatic rings. The monoisotopic (exact) mass is 400 g/mol. The highest BCUT2D eigenvalue weighted by molar-refractivity contribution is 5.77. The molecule has 4 nitrogen and oxygen atoms in total. The van der Waals surface area contributed by atoms with Crippen LogP contribution in [0, 0.1) is 22.7 Å². The molecule has 0 fully saturated rings. The molecule has 0 spiro atoms. The van der Waals surface area contributed by atoms with Crippen LogP contribution in [0.25, 0.3) is 22.3 Å². The fraction of sp³-hybridized carbons (Fsp3) is 0.111. The van der Waals surface area contributed by atoms with Gasteiger partial charge >= 0.3 is 0 Å². The maximum atomic E-state index is 9.63. The second-order valence-corrected chi connectivity index (χ2v) is 7.74. The van der Waals surface area contributed by atoms with E-state index >= 15 is 0 Å². The predicted octanol–water partition coefficient (Wildman–Crippen LogP) is 5.88. The van der Waals surface area contributed by atoms with E-state index in [9.17, 15) is 10.5 Å². The van der Waals surface area contributed by atoms with Crippen molar-refractivity contribution >= 4 is 0 Å². The number of hydrogen-bond donors (Lipinski definition) is 0. The van der Waals surface area contributed by atoms with E-state index in [1.165, 1.54) is 0 Å². The number of rotatable bonds is 4. The molecule has 0 aliphatic carbocycles. The van der Waals surface area contributed by atoms with Crippen LogP contribution >= 0.6 is 0 Å². The van der Waals surface area contributed by atoms with E-state index < -0.39 is 5.41 Å². The van der Waals surface area contributed by atoms with Gasteiger partial charge in [0.05, 0.1) is 40.1 Å². The molecule has 0 radical (unpaired) electrons. The molecule has 2 aromatic heterocycles. The molecule has 0 saturated heterocycles. The van der Waals surface area contributed by atoms with Gasteiger partial charge in [0.1, 0.15) is 0 Å². The van der Waals surface area contributed by atoms with Crippen molar-refractivity contribution in [1.29, 1.82) is 10.5 Å². The molecule has 2 heterocycles. The van der Waals surface area contributed by atoms with Crippen molar-refractivity contribution in [2.24, 2.45) is 0 Å². The summed E-state index contributed by atoms with van der Waals surface area (Å²) in [5, 5.41) is 19.3. The average Bonchev–Trinajstić information content (AvgIpc) is 2.84. The molecular formula is C27H20N4. The van der Waals surface area contributed by atoms with Gasteiger partial charge in [0.2, 0.25) is 0 Å². The number of nitriles is 2. The summed E-state index contributed by atoms with van der Waals surface area (Å²) in [4.78, 5) is 9.48.